The van der Waals surface area contributed by atoms with E-state index < -0.39 is 0 Å². The predicted molar refractivity (Wildman–Crippen MR) is 105 cm³/mol. The van der Waals surface area contributed by atoms with E-state index in [-0.39, 0.29) is 11.8 Å². The summed E-state index contributed by atoms with van der Waals surface area (Å²) in [6.07, 6.45) is 1.18. The quantitative estimate of drug-likeness (QED) is 0.629. The highest BCUT2D eigenvalue weighted by molar-refractivity contribution is 6.30. The average Bonchev–Trinajstić information content (AvgIpc) is 3.34. The maximum atomic E-state index is 12.4. The van der Waals surface area contributed by atoms with Crippen LogP contribution in [0.5, 0.6) is 5.75 Å². The molecule has 7 heteroatoms. The predicted octanol–water partition coefficient (Wildman–Crippen LogP) is 3.96. The Morgan fingerprint density at radius 3 is 2.79 bits per heavy atom. The Hall–Kier alpha value is -2.86. The molecule has 1 fully saturated rings. The van der Waals surface area contributed by atoms with Crippen LogP contribution in [0.25, 0.3) is 11.5 Å². The molecule has 144 valence electrons. The lowest BCUT2D eigenvalue weighted by Gasteiger charge is -2.15. The van der Waals surface area contributed by atoms with E-state index in [1.807, 2.05) is 53.4 Å². The van der Waals surface area contributed by atoms with Crippen LogP contribution in [0.3, 0.4) is 0 Å². The van der Waals surface area contributed by atoms with Gasteiger partial charge >= 0.3 is 0 Å². The van der Waals surface area contributed by atoms with Crippen LogP contribution in [0, 0.1) is 0 Å². The Balaban J connectivity index is 1.43. The molecule has 0 N–H and O–H groups in total. The average molecular weight is 398 g/mol. The van der Waals surface area contributed by atoms with Crippen molar-refractivity contribution in [1.29, 1.82) is 0 Å². The first-order chi connectivity index (χ1) is 13.6. The molecule has 0 aliphatic carbocycles. The Morgan fingerprint density at radius 1 is 1.21 bits per heavy atom. The van der Waals surface area contributed by atoms with Crippen LogP contribution < -0.4 is 4.74 Å². The molecule has 1 aromatic heterocycles. The Bertz CT molecular complexity index is 971. The van der Waals surface area contributed by atoms with Crippen molar-refractivity contribution in [2.24, 2.45) is 0 Å². The maximum Gasteiger partial charge on any atom is 0.261 e. The summed E-state index contributed by atoms with van der Waals surface area (Å²) < 4.78 is 10.8. The largest absolute Gasteiger partial charge is 0.496 e. The highest BCUT2D eigenvalue weighted by atomic mass is 35.5. The lowest BCUT2D eigenvalue weighted by Crippen LogP contribution is -2.27. The molecule has 0 bridgehead atoms. The zero-order valence-electron chi connectivity index (χ0n) is 15.5. The number of halogens is 1. The minimum atomic E-state index is -0.0649. The second kappa shape index (κ2) is 8.02. The van der Waals surface area contributed by atoms with Crippen LogP contribution in [0.4, 0.5) is 0 Å². The van der Waals surface area contributed by atoms with Gasteiger partial charge in [0.1, 0.15) is 5.75 Å². The molecule has 1 aliphatic heterocycles. The number of para-hydroxylation sites is 1. The molecule has 1 unspecified atom stereocenters. The van der Waals surface area contributed by atoms with Gasteiger partial charge in [-0.15, -0.1) is 0 Å². The van der Waals surface area contributed by atoms with E-state index in [9.17, 15) is 4.79 Å². The fourth-order valence-corrected chi connectivity index (χ4v) is 3.53. The third-order valence-corrected chi connectivity index (χ3v) is 5.19. The van der Waals surface area contributed by atoms with Crippen molar-refractivity contribution in [1.82, 2.24) is 15.0 Å². The van der Waals surface area contributed by atoms with Gasteiger partial charge in [-0.05, 0) is 36.2 Å². The highest BCUT2D eigenvalue weighted by Gasteiger charge is 2.33. The second-order valence-corrected chi connectivity index (χ2v) is 7.21. The Labute approximate surface area is 168 Å². The number of rotatable bonds is 6. The first-order valence-corrected chi connectivity index (χ1v) is 9.51. The number of ether oxygens (including phenoxy) is 1. The molecule has 0 saturated carbocycles. The molecule has 3 aromatic rings. The van der Waals surface area contributed by atoms with E-state index >= 15 is 0 Å². The Morgan fingerprint density at radius 2 is 2.00 bits per heavy atom. The maximum absolute atomic E-state index is 12.4. The number of amides is 1. The minimum absolute atomic E-state index is 0.0649. The van der Waals surface area contributed by atoms with Crippen molar-refractivity contribution in [2.75, 3.05) is 20.2 Å². The van der Waals surface area contributed by atoms with Crippen molar-refractivity contribution in [3.8, 4) is 17.2 Å². The fourth-order valence-electron chi connectivity index (χ4n) is 3.41. The van der Waals surface area contributed by atoms with Crippen LogP contribution in [0.2, 0.25) is 5.02 Å². The van der Waals surface area contributed by atoms with Gasteiger partial charge in [-0.2, -0.15) is 4.98 Å². The molecule has 2 heterocycles. The number of likely N-dealkylation sites (tertiary alicyclic amines) is 1. The van der Waals surface area contributed by atoms with E-state index in [2.05, 4.69) is 10.1 Å². The second-order valence-electron chi connectivity index (χ2n) is 6.78. The van der Waals surface area contributed by atoms with E-state index in [4.69, 9.17) is 20.9 Å². The monoisotopic (exact) mass is 397 g/mol. The standard InChI is InChI=1S/C21H20ClN3O3/c1-27-18-5-3-2-4-17(18)21-23-20(24-28-21)15-12-19(26)25(13-15)11-10-14-6-8-16(22)9-7-14/h2-9,15H,10-13H2,1H3. The SMILES string of the molecule is COc1ccccc1-c1nc(C2CC(=O)N(CCc3ccc(Cl)cc3)C2)no1. The van der Waals surface area contributed by atoms with Gasteiger partial charge in [-0.25, -0.2) is 0 Å². The number of carbonyl (C=O) groups excluding carboxylic acids is 1. The molecular formula is C21H20ClN3O3. The molecule has 1 amide bonds. The number of carbonyl (C=O) groups is 1. The molecular weight excluding hydrogens is 378 g/mol. The molecule has 6 nitrogen and oxygen atoms in total. The molecule has 2 aromatic carbocycles. The van der Waals surface area contributed by atoms with Gasteiger partial charge in [-0.3, -0.25) is 4.79 Å². The summed E-state index contributed by atoms with van der Waals surface area (Å²) in [5, 5.41) is 4.82. The van der Waals surface area contributed by atoms with Crippen LogP contribution in [-0.2, 0) is 11.2 Å². The summed E-state index contributed by atoms with van der Waals surface area (Å²) in [5.41, 5.74) is 1.89. The zero-order valence-corrected chi connectivity index (χ0v) is 16.2. The van der Waals surface area contributed by atoms with Crippen molar-refractivity contribution >= 4 is 17.5 Å². The first kappa shape index (κ1) is 18.5. The van der Waals surface area contributed by atoms with Crippen molar-refractivity contribution in [3.63, 3.8) is 0 Å². The summed E-state index contributed by atoms with van der Waals surface area (Å²) in [5.74, 6) is 1.68. The van der Waals surface area contributed by atoms with E-state index in [0.29, 0.717) is 42.0 Å². The number of aromatic nitrogens is 2. The van der Waals surface area contributed by atoms with Crippen LogP contribution in [0.1, 0.15) is 23.7 Å². The third-order valence-electron chi connectivity index (χ3n) is 4.94. The fraction of sp³-hybridized carbons (Fsp3) is 0.286. The number of hydrogen-bond acceptors (Lipinski definition) is 5. The topological polar surface area (TPSA) is 68.5 Å². The van der Waals surface area contributed by atoms with Gasteiger partial charge in [0.05, 0.1) is 12.7 Å². The number of benzene rings is 2. The molecule has 0 radical (unpaired) electrons. The smallest absolute Gasteiger partial charge is 0.261 e. The van der Waals surface area contributed by atoms with Crippen molar-refractivity contribution < 1.29 is 14.1 Å². The van der Waals surface area contributed by atoms with E-state index in [0.717, 1.165) is 17.5 Å². The zero-order chi connectivity index (χ0) is 19.5. The van der Waals surface area contributed by atoms with Gasteiger partial charge < -0.3 is 14.2 Å². The van der Waals surface area contributed by atoms with Crippen LogP contribution in [-0.4, -0.2) is 41.1 Å². The van der Waals surface area contributed by atoms with E-state index in [1.54, 1.807) is 7.11 Å². The number of hydrogen-bond donors (Lipinski definition) is 0. The number of nitrogens with zero attached hydrogens (tertiary/aromatic N) is 3. The van der Waals surface area contributed by atoms with Gasteiger partial charge in [-0.1, -0.05) is 41.0 Å². The van der Waals surface area contributed by atoms with Crippen LogP contribution >= 0.6 is 11.6 Å². The number of methoxy groups -OCH3 is 1. The lowest BCUT2D eigenvalue weighted by molar-refractivity contribution is -0.127. The molecule has 4 rings (SSSR count). The summed E-state index contributed by atoms with van der Waals surface area (Å²) in [7, 11) is 1.60. The highest BCUT2D eigenvalue weighted by Crippen LogP contribution is 2.31. The third kappa shape index (κ3) is 3.87. The molecule has 1 aliphatic rings. The van der Waals surface area contributed by atoms with Crippen LogP contribution in [0.15, 0.2) is 53.1 Å². The van der Waals surface area contributed by atoms with Gasteiger partial charge in [0.2, 0.25) is 5.91 Å². The summed E-state index contributed by atoms with van der Waals surface area (Å²) in [4.78, 5) is 18.8. The summed E-state index contributed by atoms with van der Waals surface area (Å²) in [6.45, 7) is 1.26. The van der Waals surface area contributed by atoms with Crippen molar-refractivity contribution in [3.05, 3.63) is 64.9 Å². The minimum Gasteiger partial charge on any atom is -0.496 e. The van der Waals surface area contributed by atoms with Gasteiger partial charge in [0.15, 0.2) is 5.82 Å². The summed E-state index contributed by atoms with van der Waals surface area (Å²) >= 11 is 5.92. The Kier molecular flexibility index (Phi) is 5.30. The van der Waals surface area contributed by atoms with E-state index in [1.165, 1.54) is 0 Å². The molecule has 28 heavy (non-hydrogen) atoms. The normalized spacial score (nSPS) is 16.6. The van der Waals surface area contributed by atoms with Gasteiger partial charge in [0.25, 0.3) is 5.89 Å². The first-order valence-electron chi connectivity index (χ1n) is 9.13. The lowest BCUT2D eigenvalue weighted by atomic mass is 10.1. The van der Waals surface area contributed by atoms with Crippen molar-refractivity contribution in [2.45, 2.75) is 18.8 Å². The van der Waals surface area contributed by atoms with Gasteiger partial charge in [0, 0.05) is 30.5 Å². The molecule has 1 atom stereocenters. The molecule has 1 saturated heterocycles. The summed E-state index contributed by atoms with van der Waals surface area (Å²) in [6, 6.07) is 15.2. The molecule has 0 spiro atoms.